The van der Waals surface area contributed by atoms with Crippen LogP contribution in [0.1, 0.15) is 24.5 Å². The van der Waals surface area contributed by atoms with Crippen molar-refractivity contribution in [2.45, 2.75) is 24.8 Å². The zero-order chi connectivity index (χ0) is 21.5. The van der Waals surface area contributed by atoms with Crippen molar-refractivity contribution in [2.24, 2.45) is 5.73 Å². The molecule has 30 heavy (non-hydrogen) atoms. The van der Waals surface area contributed by atoms with Gasteiger partial charge in [-0.05, 0) is 42.8 Å². The number of likely N-dealkylation sites (tertiary alicyclic amines) is 1. The van der Waals surface area contributed by atoms with Gasteiger partial charge in [0, 0.05) is 54.4 Å². The molecule has 2 heterocycles. The number of carbonyl (C=O) groups is 2. The van der Waals surface area contributed by atoms with Gasteiger partial charge in [-0.15, -0.1) is 0 Å². The van der Waals surface area contributed by atoms with Gasteiger partial charge in [-0.1, -0.05) is 11.6 Å². The first kappa shape index (κ1) is 21.9. The predicted molar refractivity (Wildman–Crippen MR) is 116 cm³/mol. The number of anilines is 1. The molecule has 2 aromatic rings. The maximum Gasteiger partial charge on any atom is 0.319 e. The molecule has 1 fully saturated rings. The molecule has 4 N–H and O–H groups in total. The summed E-state index contributed by atoms with van der Waals surface area (Å²) in [6.07, 6.45) is 2.70. The minimum atomic E-state index is -0.322. The first-order valence-electron chi connectivity index (χ1n) is 9.78. The lowest BCUT2D eigenvalue weighted by Crippen LogP contribution is -2.51. The number of benzene rings is 1. The van der Waals surface area contributed by atoms with Crippen molar-refractivity contribution in [3.8, 4) is 5.75 Å². The van der Waals surface area contributed by atoms with Gasteiger partial charge < -0.3 is 26.0 Å². The number of ether oxygens (including phenoxy) is 1. The highest BCUT2D eigenvalue weighted by atomic mass is 35.5. The van der Waals surface area contributed by atoms with Crippen LogP contribution in [-0.4, -0.2) is 54.6 Å². The van der Waals surface area contributed by atoms with Gasteiger partial charge in [0.25, 0.3) is 0 Å². The number of halogens is 1. The van der Waals surface area contributed by atoms with Crippen molar-refractivity contribution in [2.75, 3.05) is 32.1 Å². The SMILES string of the molecule is COc1ccc([C@@H]2CN(CCC(N)=O)CC[C@H]2NC(=O)Nc2ccc(Cl)cc2)nc1. The van der Waals surface area contributed by atoms with Crippen LogP contribution >= 0.6 is 11.6 Å². The number of carbonyl (C=O) groups excluding carboxylic acids is 2. The van der Waals surface area contributed by atoms with E-state index in [9.17, 15) is 9.59 Å². The molecule has 0 bridgehead atoms. The summed E-state index contributed by atoms with van der Waals surface area (Å²) in [4.78, 5) is 30.4. The first-order valence-corrected chi connectivity index (χ1v) is 10.2. The molecule has 0 spiro atoms. The highest BCUT2D eigenvalue weighted by Crippen LogP contribution is 2.27. The Labute approximate surface area is 180 Å². The molecule has 0 saturated carbocycles. The third-order valence-corrected chi connectivity index (χ3v) is 5.42. The summed E-state index contributed by atoms with van der Waals surface area (Å²) in [7, 11) is 1.59. The molecule has 1 aliphatic heterocycles. The Morgan fingerprint density at radius 2 is 2.03 bits per heavy atom. The lowest BCUT2D eigenvalue weighted by molar-refractivity contribution is -0.118. The molecule has 1 aromatic carbocycles. The topological polar surface area (TPSA) is 110 Å². The molecule has 3 rings (SSSR count). The minimum Gasteiger partial charge on any atom is -0.495 e. The second-order valence-corrected chi connectivity index (χ2v) is 7.68. The lowest BCUT2D eigenvalue weighted by Gasteiger charge is -2.38. The number of methoxy groups -OCH3 is 1. The van der Waals surface area contributed by atoms with Crippen LogP contribution in [0.25, 0.3) is 0 Å². The number of hydrogen-bond acceptors (Lipinski definition) is 5. The van der Waals surface area contributed by atoms with Crippen LogP contribution in [0.3, 0.4) is 0 Å². The molecule has 160 valence electrons. The smallest absolute Gasteiger partial charge is 0.319 e. The van der Waals surface area contributed by atoms with Gasteiger partial charge in [0.15, 0.2) is 0 Å². The fraction of sp³-hybridized carbons (Fsp3) is 0.381. The van der Waals surface area contributed by atoms with E-state index < -0.39 is 0 Å². The molecular formula is C21H26ClN5O3. The Kier molecular flexibility index (Phi) is 7.48. The van der Waals surface area contributed by atoms with Gasteiger partial charge in [-0.25, -0.2) is 4.79 Å². The van der Waals surface area contributed by atoms with Gasteiger partial charge in [-0.3, -0.25) is 9.78 Å². The predicted octanol–water partition coefficient (Wildman–Crippen LogP) is 2.60. The molecule has 3 amide bonds. The van der Waals surface area contributed by atoms with Crippen LogP contribution in [0.5, 0.6) is 5.75 Å². The van der Waals surface area contributed by atoms with Gasteiger partial charge in [0.1, 0.15) is 5.75 Å². The monoisotopic (exact) mass is 431 g/mol. The molecular weight excluding hydrogens is 406 g/mol. The van der Waals surface area contributed by atoms with E-state index in [0.29, 0.717) is 36.0 Å². The van der Waals surface area contributed by atoms with Crippen LogP contribution < -0.4 is 21.1 Å². The molecule has 2 atom stereocenters. The fourth-order valence-corrected chi connectivity index (χ4v) is 3.69. The molecule has 1 aliphatic rings. The van der Waals surface area contributed by atoms with Crippen molar-refractivity contribution in [3.05, 3.63) is 53.3 Å². The quantitative estimate of drug-likeness (QED) is 0.624. The number of primary amides is 1. The summed E-state index contributed by atoms with van der Waals surface area (Å²) in [5, 5.41) is 6.51. The fourth-order valence-electron chi connectivity index (χ4n) is 3.56. The Bertz CT molecular complexity index is 860. The number of nitrogens with two attached hydrogens (primary N) is 1. The van der Waals surface area contributed by atoms with Crippen molar-refractivity contribution in [3.63, 3.8) is 0 Å². The Morgan fingerprint density at radius 3 is 2.67 bits per heavy atom. The molecule has 1 aromatic heterocycles. The van der Waals surface area contributed by atoms with E-state index in [2.05, 4.69) is 20.5 Å². The third kappa shape index (κ3) is 6.08. The maximum atomic E-state index is 12.6. The molecule has 1 saturated heterocycles. The molecule has 9 heteroatoms. The van der Waals surface area contributed by atoms with E-state index in [1.54, 1.807) is 37.6 Å². The van der Waals surface area contributed by atoms with E-state index >= 15 is 0 Å². The molecule has 0 radical (unpaired) electrons. The van der Waals surface area contributed by atoms with Crippen LogP contribution in [0.15, 0.2) is 42.6 Å². The Balaban J connectivity index is 1.70. The molecule has 8 nitrogen and oxygen atoms in total. The van der Waals surface area contributed by atoms with E-state index in [0.717, 1.165) is 18.7 Å². The average molecular weight is 432 g/mol. The summed E-state index contributed by atoms with van der Waals surface area (Å²) >= 11 is 5.89. The second kappa shape index (κ2) is 10.3. The Hall–Kier alpha value is -2.84. The van der Waals surface area contributed by atoms with Crippen LogP contribution in [0.2, 0.25) is 5.02 Å². The molecule has 0 unspecified atom stereocenters. The highest BCUT2D eigenvalue weighted by Gasteiger charge is 2.32. The van der Waals surface area contributed by atoms with E-state index in [1.165, 1.54) is 0 Å². The number of pyridine rings is 1. The normalized spacial score (nSPS) is 19.1. The highest BCUT2D eigenvalue weighted by molar-refractivity contribution is 6.30. The standard InChI is InChI=1S/C21H26ClN5O3/c1-30-16-6-7-18(24-12-16)17-13-27(11-9-20(23)28)10-8-19(17)26-21(29)25-15-4-2-14(22)3-5-15/h2-7,12,17,19H,8-11,13H2,1H3,(H2,23,28)(H2,25,26,29)/t17-,19+/m0/s1. The minimum absolute atomic E-state index is 0.0338. The van der Waals surface area contributed by atoms with Gasteiger partial charge >= 0.3 is 6.03 Å². The zero-order valence-electron chi connectivity index (χ0n) is 16.8. The van der Waals surface area contributed by atoms with Crippen LogP contribution in [-0.2, 0) is 4.79 Å². The van der Waals surface area contributed by atoms with Gasteiger partial charge in [0.2, 0.25) is 5.91 Å². The van der Waals surface area contributed by atoms with E-state index in [4.69, 9.17) is 22.1 Å². The number of hydrogen-bond donors (Lipinski definition) is 3. The largest absolute Gasteiger partial charge is 0.495 e. The zero-order valence-corrected chi connectivity index (χ0v) is 17.6. The van der Waals surface area contributed by atoms with Crippen molar-refractivity contribution in [1.82, 2.24) is 15.2 Å². The van der Waals surface area contributed by atoms with Gasteiger partial charge in [-0.2, -0.15) is 0 Å². The number of piperidine rings is 1. The second-order valence-electron chi connectivity index (χ2n) is 7.25. The third-order valence-electron chi connectivity index (χ3n) is 5.16. The summed E-state index contributed by atoms with van der Waals surface area (Å²) in [5.41, 5.74) is 6.82. The van der Waals surface area contributed by atoms with E-state index in [-0.39, 0.29) is 23.9 Å². The number of nitrogens with zero attached hydrogens (tertiary/aromatic N) is 2. The maximum absolute atomic E-state index is 12.6. The summed E-state index contributed by atoms with van der Waals surface area (Å²) in [6, 6.07) is 10.3. The first-order chi connectivity index (χ1) is 14.4. The summed E-state index contributed by atoms with van der Waals surface area (Å²) in [5.74, 6) is 0.315. The summed E-state index contributed by atoms with van der Waals surface area (Å²) in [6.45, 7) is 2.01. The average Bonchev–Trinajstić information content (AvgIpc) is 2.74. The Morgan fingerprint density at radius 1 is 1.27 bits per heavy atom. The number of nitrogens with one attached hydrogen (secondary N) is 2. The van der Waals surface area contributed by atoms with Crippen molar-refractivity contribution < 1.29 is 14.3 Å². The van der Waals surface area contributed by atoms with Crippen LogP contribution in [0, 0.1) is 0 Å². The number of amides is 3. The lowest BCUT2D eigenvalue weighted by atomic mass is 9.88. The number of urea groups is 1. The number of rotatable bonds is 7. The van der Waals surface area contributed by atoms with Gasteiger partial charge in [0.05, 0.1) is 13.3 Å². The van der Waals surface area contributed by atoms with Crippen LogP contribution in [0.4, 0.5) is 10.5 Å². The van der Waals surface area contributed by atoms with Crippen molar-refractivity contribution >= 4 is 29.2 Å². The molecule has 0 aliphatic carbocycles. The number of aromatic nitrogens is 1. The summed E-state index contributed by atoms with van der Waals surface area (Å²) < 4.78 is 5.20. The van der Waals surface area contributed by atoms with E-state index in [1.807, 2.05) is 12.1 Å². The van der Waals surface area contributed by atoms with Crippen molar-refractivity contribution in [1.29, 1.82) is 0 Å².